The molecule has 1 aliphatic rings. The van der Waals surface area contributed by atoms with E-state index in [1.54, 1.807) is 30.3 Å². The van der Waals surface area contributed by atoms with Gasteiger partial charge in [0.1, 0.15) is 0 Å². The van der Waals surface area contributed by atoms with E-state index in [1.165, 1.54) is 28.6 Å². The van der Waals surface area contributed by atoms with Gasteiger partial charge in [-0.25, -0.2) is 21.1 Å². The number of amides is 1. The second-order valence-corrected chi connectivity index (χ2v) is 12.6. The van der Waals surface area contributed by atoms with Gasteiger partial charge in [-0.2, -0.15) is 0 Å². The van der Waals surface area contributed by atoms with Gasteiger partial charge in [0.05, 0.1) is 16.3 Å². The molecule has 1 fully saturated rings. The first-order chi connectivity index (χ1) is 17.0. The molecule has 0 aromatic heterocycles. The summed E-state index contributed by atoms with van der Waals surface area (Å²) in [6.45, 7) is 4.89. The predicted molar refractivity (Wildman–Crippen MR) is 141 cm³/mol. The summed E-state index contributed by atoms with van der Waals surface area (Å²) in [4.78, 5) is 12.7. The van der Waals surface area contributed by atoms with Crippen molar-refractivity contribution in [2.24, 2.45) is 0 Å². The van der Waals surface area contributed by atoms with E-state index in [0.717, 1.165) is 24.0 Å². The molecular formula is C26H29N3O5S2. The molecule has 10 heteroatoms. The van der Waals surface area contributed by atoms with Crippen LogP contribution < -0.4 is 10.0 Å². The number of benzene rings is 3. The van der Waals surface area contributed by atoms with E-state index >= 15 is 0 Å². The fourth-order valence-electron chi connectivity index (χ4n) is 4.07. The Labute approximate surface area is 212 Å². The Morgan fingerprint density at radius 1 is 0.861 bits per heavy atom. The highest BCUT2D eigenvalue weighted by Crippen LogP contribution is 2.22. The van der Waals surface area contributed by atoms with Gasteiger partial charge in [0.15, 0.2) is 0 Å². The second-order valence-electron chi connectivity index (χ2n) is 8.96. The summed E-state index contributed by atoms with van der Waals surface area (Å²) < 4.78 is 54.6. The molecule has 3 aromatic carbocycles. The van der Waals surface area contributed by atoms with Crippen LogP contribution in [0.1, 0.15) is 39.9 Å². The molecule has 0 aliphatic carbocycles. The average Bonchev–Trinajstić information content (AvgIpc) is 3.38. The number of carbonyl (C=O) groups is 1. The number of hydrogen-bond acceptors (Lipinski definition) is 5. The summed E-state index contributed by atoms with van der Waals surface area (Å²) >= 11 is 0. The minimum atomic E-state index is -3.79. The van der Waals surface area contributed by atoms with Gasteiger partial charge in [-0.15, -0.1) is 0 Å². The van der Waals surface area contributed by atoms with Crippen molar-refractivity contribution in [3.05, 3.63) is 89.0 Å². The van der Waals surface area contributed by atoms with Crippen LogP contribution in [0.3, 0.4) is 0 Å². The second kappa shape index (κ2) is 10.4. The molecule has 1 aliphatic heterocycles. The van der Waals surface area contributed by atoms with Crippen molar-refractivity contribution in [2.75, 3.05) is 23.1 Å². The third-order valence-electron chi connectivity index (χ3n) is 6.07. The minimum Gasteiger partial charge on any atom is -0.322 e. The maximum absolute atomic E-state index is 12.8. The van der Waals surface area contributed by atoms with Crippen molar-refractivity contribution in [3.8, 4) is 0 Å². The van der Waals surface area contributed by atoms with E-state index in [-0.39, 0.29) is 16.6 Å². The first-order valence-corrected chi connectivity index (χ1v) is 14.7. The van der Waals surface area contributed by atoms with Crippen LogP contribution >= 0.6 is 0 Å². The number of nitrogens with zero attached hydrogens (tertiary/aromatic N) is 1. The Morgan fingerprint density at radius 3 is 2.11 bits per heavy atom. The van der Waals surface area contributed by atoms with Gasteiger partial charge >= 0.3 is 0 Å². The SMILES string of the molecule is Cc1ccc(NS(=O)(=O)c2ccc(NC(=O)c3ccc(CS(=O)(=O)N4CCCC4)cc3)cc2)c(C)c1. The molecule has 8 nitrogen and oxygen atoms in total. The van der Waals surface area contributed by atoms with Gasteiger partial charge in [0, 0.05) is 24.3 Å². The molecular weight excluding hydrogens is 498 g/mol. The lowest BCUT2D eigenvalue weighted by Crippen LogP contribution is -2.29. The summed E-state index contributed by atoms with van der Waals surface area (Å²) in [6, 6.07) is 17.8. The molecule has 0 unspecified atom stereocenters. The third kappa shape index (κ3) is 6.13. The molecule has 0 bridgehead atoms. The zero-order chi connectivity index (χ0) is 25.9. The summed E-state index contributed by atoms with van der Waals surface area (Å²) in [5.74, 6) is -0.478. The number of sulfonamides is 2. The zero-order valence-corrected chi connectivity index (χ0v) is 21.8. The smallest absolute Gasteiger partial charge is 0.261 e. The van der Waals surface area contributed by atoms with Gasteiger partial charge in [-0.05, 0) is 80.3 Å². The molecule has 1 amide bonds. The number of hydrogen-bond donors (Lipinski definition) is 2. The molecule has 1 heterocycles. The van der Waals surface area contributed by atoms with Crippen LogP contribution in [-0.2, 0) is 25.8 Å². The summed E-state index contributed by atoms with van der Waals surface area (Å²) in [5, 5.41) is 2.73. The van der Waals surface area contributed by atoms with E-state index in [0.29, 0.717) is 35.6 Å². The number of aryl methyl sites for hydroxylation is 2. The van der Waals surface area contributed by atoms with E-state index in [2.05, 4.69) is 10.0 Å². The minimum absolute atomic E-state index is 0.0732. The molecule has 0 spiro atoms. The number of anilines is 2. The first kappa shape index (κ1) is 25.9. The monoisotopic (exact) mass is 527 g/mol. The van der Waals surface area contributed by atoms with E-state index in [4.69, 9.17) is 0 Å². The average molecular weight is 528 g/mol. The highest BCUT2D eigenvalue weighted by molar-refractivity contribution is 7.92. The number of nitrogens with one attached hydrogen (secondary N) is 2. The van der Waals surface area contributed by atoms with Crippen molar-refractivity contribution in [1.82, 2.24) is 4.31 Å². The maximum Gasteiger partial charge on any atom is 0.261 e. The normalized spacial score (nSPS) is 14.5. The zero-order valence-electron chi connectivity index (χ0n) is 20.2. The van der Waals surface area contributed by atoms with E-state index < -0.39 is 20.0 Å². The standard InChI is InChI=1S/C26H29N3O5S2/c1-19-5-14-25(20(2)17-19)28-36(33,34)24-12-10-23(11-13-24)27-26(30)22-8-6-21(7-9-22)18-35(31,32)29-15-3-4-16-29/h5-14,17,28H,3-4,15-16,18H2,1-2H3,(H,27,30). The maximum atomic E-state index is 12.8. The summed E-state index contributed by atoms with van der Waals surface area (Å²) in [7, 11) is -7.14. The van der Waals surface area contributed by atoms with Crippen LogP contribution in [0, 0.1) is 13.8 Å². The highest BCUT2D eigenvalue weighted by atomic mass is 32.2. The summed E-state index contributed by atoms with van der Waals surface area (Å²) in [5.41, 5.74) is 3.79. The Morgan fingerprint density at radius 2 is 1.50 bits per heavy atom. The van der Waals surface area contributed by atoms with Crippen LogP contribution in [-0.4, -0.2) is 40.1 Å². The Bertz CT molecular complexity index is 1460. The molecule has 4 rings (SSSR count). The largest absolute Gasteiger partial charge is 0.322 e. The fourth-order valence-corrected chi connectivity index (χ4v) is 6.81. The highest BCUT2D eigenvalue weighted by Gasteiger charge is 2.25. The lowest BCUT2D eigenvalue weighted by atomic mass is 10.1. The molecule has 36 heavy (non-hydrogen) atoms. The lowest BCUT2D eigenvalue weighted by Gasteiger charge is -2.15. The van der Waals surface area contributed by atoms with Crippen molar-refractivity contribution in [2.45, 2.75) is 37.3 Å². The molecule has 3 aromatic rings. The van der Waals surface area contributed by atoms with Crippen LogP contribution in [0.15, 0.2) is 71.6 Å². The summed E-state index contributed by atoms with van der Waals surface area (Å²) in [6.07, 6.45) is 1.77. The van der Waals surface area contributed by atoms with Crippen molar-refractivity contribution < 1.29 is 21.6 Å². The Balaban J connectivity index is 1.39. The van der Waals surface area contributed by atoms with E-state index in [9.17, 15) is 21.6 Å². The number of carbonyl (C=O) groups excluding carboxylic acids is 1. The van der Waals surface area contributed by atoms with Crippen molar-refractivity contribution in [3.63, 3.8) is 0 Å². The quantitative estimate of drug-likeness (QED) is 0.454. The van der Waals surface area contributed by atoms with Gasteiger partial charge < -0.3 is 5.32 Å². The van der Waals surface area contributed by atoms with E-state index in [1.807, 2.05) is 26.0 Å². The Kier molecular flexibility index (Phi) is 7.49. The van der Waals surface area contributed by atoms with Crippen LogP contribution in [0.4, 0.5) is 11.4 Å². The molecule has 0 saturated carbocycles. The Hall–Kier alpha value is -3.21. The molecule has 0 atom stereocenters. The van der Waals surface area contributed by atoms with Gasteiger partial charge in [-0.1, -0.05) is 29.8 Å². The van der Waals surface area contributed by atoms with Crippen LogP contribution in [0.2, 0.25) is 0 Å². The third-order valence-corrected chi connectivity index (χ3v) is 9.30. The molecule has 2 N–H and O–H groups in total. The fraction of sp³-hybridized carbons (Fsp3) is 0.269. The molecule has 0 radical (unpaired) electrons. The number of rotatable bonds is 8. The lowest BCUT2D eigenvalue weighted by molar-refractivity contribution is 0.102. The van der Waals surface area contributed by atoms with Crippen LogP contribution in [0.5, 0.6) is 0 Å². The van der Waals surface area contributed by atoms with Gasteiger partial charge in [0.25, 0.3) is 15.9 Å². The first-order valence-electron chi connectivity index (χ1n) is 11.6. The molecule has 1 saturated heterocycles. The predicted octanol–water partition coefficient (Wildman–Crippen LogP) is 4.28. The van der Waals surface area contributed by atoms with Crippen LogP contribution in [0.25, 0.3) is 0 Å². The van der Waals surface area contributed by atoms with Crippen molar-refractivity contribution in [1.29, 1.82) is 0 Å². The van der Waals surface area contributed by atoms with Gasteiger partial charge in [0.2, 0.25) is 10.0 Å². The van der Waals surface area contributed by atoms with Crippen molar-refractivity contribution >= 4 is 37.3 Å². The van der Waals surface area contributed by atoms with Gasteiger partial charge in [-0.3, -0.25) is 9.52 Å². The molecule has 190 valence electrons. The topological polar surface area (TPSA) is 113 Å².